The maximum absolute atomic E-state index is 9.55. The van der Waals surface area contributed by atoms with Crippen LogP contribution in [0.5, 0.6) is 5.88 Å². The Bertz CT molecular complexity index is 684. The SMILES string of the molecule is CC(C)N1CCN(CCCCOc2cc3n(n2)CCCC3)CC1.O=C(O)/C=C\C(=O)O. The van der Waals surface area contributed by atoms with Crippen molar-refractivity contribution in [2.24, 2.45) is 0 Å². The third kappa shape index (κ3) is 9.52. The molecule has 174 valence electrons. The molecule has 2 N–H and O–H groups in total. The van der Waals surface area contributed by atoms with E-state index >= 15 is 0 Å². The van der Waals surface area contributed by atoms with E-state index in [1.807, 2.05) is 0 Å². The molecule has 9 heteroatoms. The van der Waals surface area contributed by atoms with Gasteiger partial charge in [-0.2, -0.15) is 0 Å². The summed E-state index contributed by atoms with van der Waals surface area (Å²) in [6.45, 7) is 12.5. The van der Waals surface area contributed by atoms with Crippen LogP contribution in [0.1, 0.15) is 45.2 Å². The number of fused-ring (bicyclic) bond motifs is 1. The Labute approximate surface area is 184 Å². The maximum Gasteiger partial charge on any atom is 0.328 e. The van der Waals surface area contributed by atoms with Gasteiger partial charge in [0, 0.05) is 62.7 Å². The molecule has 0 amide bonds. The van der Waals surface area contributed by atoms with Crippen molar-refractivity contribution in [3.8, 4) is 5.88 Å². The van der Waals surface area contributed by atoms with Gasteiger partial charge in [-0.3, -0.25) is 9.58 Å². The molecule has 3 rings (SSSR count). The number of aryl methyl sites for hydroxylation is 2. The first-order valence-electron chi connectivity index (χ1n) is 11.1. The number of carboxylic acids is 2. The lowest BCUT2D eigenvalue weighted by Crippen LogP contribution is -2.48. The highest BCUT2D eigenvalue weighted by Crippen LogP contribution is 2.19. The molecule has 1 aromatic heterocycles. The molecule has 9 nitrogen and oxygen atoms in total. The predicted molar refractivity (Wildman–Crippen MR) is 117 cm³/mol. The Morgan fingerprint density at radius 2 is 1.74 bits per heavy atom. The summed E-state index contributed by atoms with van der Waals surface area (Å²) in [6, 6.07) is 2.82. The van der Waals surface area contributed by atoms with Gasteiger partial charge in [0.15, 0.2) is 0 Å². The van der Waals surface area contributed by atoms with Crippen LogP contribution in [-0.4, -0.2) is 87.1 Å². The number of carboxylic acid groups (broad SMARTS) is 2. The van der Waals surface area contributed by atoms with Gasteiger partial charge in [-0.1, -0.05) is 0 Å². The van der Waals surface area contributed by atoms with Gasteiger partial charge in [-0.15, -0.1) is 5.10 Å². The number of rotatable bonds is 9. The molecule has 0 aromatic carbocycles. The number of hydrogen-bond donors (Lipinski definition) is 2. The molecule has 0 unspecified atom stereocenters. The molecule has 31 heavy (non-hydrogen) atoms. The Morgan fingerprint density at radius 1 is 1.06 bits per heavy atom. The Balaban J connectivity index is 0.000000366. The molecule has 1 saturated heterocycles. The van der Waals surface area contributed by atoms with Crippen molar-refractivity contribution in [2.75, 3.05) is 39.3 Å². The van der Waals surface area contributed by atoms with Crippen molar-refractivity contribution in [3.63, 3.8) is 0 Å². The second-order valence-electron chi connectivity index (χ2n) is 8.19. The second-order valence-corrected chi connectivity index (χ2v) is 8.19. The van der Waals surface area contributed by atoms with Gasteiger partial charge in [0.05, 0.1) is 6.61 Å². The van der Waals surface area contributed by atoms with Crippen LogP contribution >= 0.6 is 0 Å². The summed E-state index contributed by atoms with van der Waals surface area (Å²) in [4.78, 5) is 24.3. The number of nitrogens with zero attached hydrogens (tertiary/aromatic N) is 4. The van der Waals surface area contributed by atoms with Gasteiger partial charge in [0.25, 0.3) is 0 Å². The summed E-state index contributed by atoms with van der Waals surface area (Å²) in [5.41, 5.74) is 1.34. The van der Waals surface area contributed by atoms with E-state index in [9.17, 15) is 9.59 Å². The molecule has 0 aliphatic carbocycles. The molecule has 0 bridgehead atoms. The molecule has 0 radical (unpaired) electrons. The molecule has 0 atom stereocenters. The van der Waals surface area contributed by atoms with E-state index in [1.165, 1.54) is 57.7 Å². The molecule has 1 aromatic rings. The number of piperazine rings is 1. The first kappa shape index (κ1) is 24.9. The number of carbonyl (C=O) groups is 2. The fraction of sp³-hybridized carbons (Fsp3) is 0.682. The van der Waals surface area contributed by atoms with Gasteiger partial charge in [0.2, 0.25) is 5.88 Å². The highest BCUT2D eigenvalue weighted by molar-refractivity contribution is 5.89. The Morgan fingerprint density at radius 3 is 2.32 bits per heavy atom. The molecular weight excluding hydrogens is 400 g/mol. The minimum absolute atomic E-state index is 0.558. The molecule has 1 fully saturated rings. The van der Waals surface area contributed by atoms with Crippen molar-refractivity contribution in [2.45, 2.75) is 58.5 Å². The molecular formula is C22H36N4O5. The number of ether oxygens (including phenoxy) is 1. The van der Waals surface area contributed by atoms with Crippen molar-refractivity contribution in [1.29, 1.82) is 0 Å². The minimum atomic E-state index is -1.26. The normalized spacial score (nSPS) is 17.3. The topological polar surface area (TPSA) is 108 Å². The number of aliphatic carboxylic acids is 2. The van der Waals surface area contributed by atoms with Crippen LogP contribution in [-0.2, 0) is 22.6 Å². The maximum atomic E-state index is 9.55. The fourth-order valence-electron chi connectivity index (χ4n) is 3.72. The van der Waals surface area contributed by atoms with Crippen LogP contribution in [0.15, 0.2) is 18.2 Å². The van der Waals surface area contributed by atoms with E-state index < -0.39 is 11.9 Å². The lowest BCUT2D eigenvalue weighted by atomic mass is 10.1. The third-order valence-electron chi connectivity index (χ3n) is 5.52. The van der Waals surface area contributed by atoms with E-state index in [4.69, 9.17) is 14.9 Å². The lowest BCUT2D eigenvalue weighted by molar-refractivity contribution is -0.134. The number of unbranched alkanes of at least 4 members (excludes halogenated alkanes) is 1. The van der Waals surface area contributed by atoms with Crippen LogP contribution in [0.25, 0.3) is 0 Å². The zero-order valence-corrected chi connectivity index (χ0v) is 18.7. The standard InChI is InChI=1S/C18H32N4O.C4H4O4/c1-16(2)21-12-10-20(11-13-21)8-5-6-14-23-18-15-17-7-3-4-9-22(17)19-18;5-3(6)1-2-4(7)8/h15-16H,3-14H2,1-2H3;1-2H,(H,5,6)(H,7,8)/b;2-1-. The van der Waals surface area contributed by atoms with E-state index in [-0.39, 0.29) is 0 Å². The van der Waals surface area contributed by atoms with Gasteiger partial charge in [0.1, 0.15) is 0 Å². The Kier molecular flexibility index (Phi) is 10.5. The first-order valence-corrected chi connectivity index (χ1v) is 11.1. The van der Waals surface area contributed by atoms with Crippen LogP contribution < -0.4 is 4.74 Å². The van der Waals surface area contributed by atoms with Crippen molar-refractivity contribution in [3.05, 3.63) is 23.9 Å². The Hall–Kier alpha value is -2.39. The smallest absolute Gasteiger partial charge is 0.328 e. The van der Waals surface area contributed by atoms with Crippen molar-refractivity contribution < 1.29 is 24.5 Å². The van der Waals surface area contributed by atoms with Crippen molar-refractivity contribution in [1.82, 2.24) is 19.6 Å². The summed E-state index contributed by atoms with van der Waals surface area (Å²) < 4.78 is 7.96. The molecule has 0 spiro atoms. The summed E-state index contributed by atoms with van der Waals surface area (Å²) >= 11 is 0. The monoisotopic (exact) mass is 436 g/mol. The fourth-order valence-corrected chi connectivity index (χ4v) is 3.72. The predicted octanol–water partition coefficient (Wildman–Crippen LogP) is 2.12. The summed E-state index contributed by atoms with van der Waals surface area (Å²) in [5.74, 6) is -1.69. The molecule has 0 saturated carbocycles. The molecule has 2 aliphatic rings. The summed E-state index contributed by atoms with van der Waals surface area (Å²) in [6.07, 6.45) is 7.14. The summed E-state index contributed by atoms with van der Waals surface area (Å²) in [7, 11) is 0. The zero-order chi connectivity index (χ0) is 22.6. The summed E-state index contributed by atoms with van der Waals surface area (Å²) in [5, 5.41) is 20.2. The van der Waals surface area contributed by atoms with E-state index in [2.05, 4.69) is 39.5 Å². The van der Waals surface area contributed by atoms with Gasteiger partial charge in [-0.25, -0.2) is 9.59 Å². The van der Waals surface area contributed by atoms with Gasteiger partial charge >= 0.3 is 11.9 Å². The second kappa shape index (κ2) is 13.1. The van der Waals surface area contributed by atoms with Gasteiger partial charge in [-0.05, 0) is 52.5 Å². The number of aromatic nitrogens is 2. The average molecular weight is 437 g/mol. The lowest BCUT2D eigenvalue weighted by Gasteiger charge is -2.36. The van der Waals surface area contributed by atoms with E-state index in [0.29, 0.717) is 18.2 Å². The quantitative estimate of drug-likeness (QED) is 0.448. The number of hydrogen-bond acceptors (Lipinski definition) is 6. The highest BCUT2D eigenvalue weighted by atomic mass is 16.5. The van der Waals surface area contributed by atoms with E-state index in [1.54, 1.807) is 0 Å². The zero-order valence-electron chi connectivity index (χ0n) is 18.7. The first-order chi connectivity index (χ1) is 14.8. The molecule has 2 aliphatic heterocycles. The van der Waals surface area contributed by atoms with E-state index in [0.717, 1.165) is 31.9 Å². The van der Waals surface area contributed by atoms with Crippen LogP contribution in [0.2, 0.25) is 0 Å². The van der Waals surface area contributed by atoms with Crippen molar-refractivity contribution >= 4 is 11.9 Å². The van der Waals surface area contributed by atoms with Crippen LogP contribution in [0.3, 0.4) is 0 Å². The molecule has 3 heterocycles. The van der Waals surface area contributed by atoms with Crippen LogP contribution in [0, 0.1) is 0 Å². The average Bonchev–Trinajstić information content (AvgIpc) is 3.15. The minimum Gasteiger partial charge on any atom is -0.478 e. The largest absolute Gasteiger partial charge is 0.478 e. The van der Waals surface area contributed by atoms with Gasteiger partial charge < -0.3 is 19.8 Å². The van der Waals surface area contributed by atoms with Crippen LogP contribution in [0.4, 0.5) is 0 Å². The highest BCUT2D eigenvalue weighted by Gasteiger charge is 2.18. The third-order valence-corrected chi connectivity index (χ3v) is 5.52.